The van der Waals surface area contributed by atoms with E-state index in [9.17, 15) is 0 Å². The molecule has 20 heavy (non-hydrogen) atoms. The van der Waals surface area contributed by atoms with Crippen molar-refractivity contribution >= 4 is 23.6 Å². The zero-order valence-corrected chi connectivity index (χ0v) is 12.1. The molecule has 1 aromatic carbocycles. The number of hydrogen-bond acceptors (Lipinski definition) is 4. The van der Waals surface area contributed by atoms with Crippen LogP contribution in [0.5, 0.6) is 0 Å². The summed E-state index contributed by atoms with van der Waals surface area (Å²) in [5, 5.41) is 23.8. The standard InChI is InChI=1S/C14H20ClN3O2/c15-14-9-12(16-10-17-20)1-2-13(14)11-3-5-18(6-4-11)7-8-19/h1-2,9-11,19-20H,3-8H2,(H,16,17). The first kappa shape index (κ1) is 15.1. The predicted molar refractivity (Wildman–Crippen MR) is 80.9 cm³/mol. The Bertz CT molecular complexity index is 460. The molecule has 1 fully saturated rings. The number of benzene rings is 1. The fourth-order valence-electron chi connectivity index (χ4n) is 2.66. The Labute approximate surface area is 123 Å². The quantitative estimate of drug-likeness (QED) is 0.338. The van der Waals surface area contributed by atoms with Crippen LogP contribution in [0.1, 0.15) is 24.3 Å². The van der Waals surface area contributed by atoms with Gasteiger partial charge in [-0.15, -0.1) is 0 Å². The lowest BCUT2D eigenvalue weighted by molar-refractivity contribution is 0.164. The summed E-state index contributed by atoms with van der Waals surface area (Å²) in [5.74, 6) is 0.470. The van der Waals surface area contributed by atoms with Crippen LogP contribution in [-0.4, -0.2) is 47.8 Å². The van der Waals surface area contributed by atoms with E-state index in [1.54, 1.807) is 0 Å². The lowest BCUT2D eigenvalue weighted by Gasteiger charge is -2.32. The number of aliphatic hydroxyl groups excluding tert-OH is 1. The van der Waals surface area contributed by atoms with Gasteiger partial charge in [-0.3, -0.25) is 0 Å². The minimum Gasteiger partial charge on any atom is -0.410 e. The average molecular weight is 298 g/mol. The molecule has 3 N–H and O–H groups in total. The number of halogens is 1. The van der Waals surface area contributed by atoms with E-state index < -0.39 is 0 Å². The molecule has 1 heterocycles. The highest BCUT2D eigenvalue weighted by Crippen LogP contribution is 2.34. The van der Waals surface area contributed by atoms with Gasteiger partial charge in [0.2, 0.25) is 0 Å². The fraction of sp³-hybridized carbons (Fsp3) is 0.500. The molecule has 0 unspecified atom stereocenters. The van der Waals surface area contributed by atoms with Crippen molar-refractivity contribution < 1.29 is 10.3 Å². The second kappa shape index (κ2) is 7.47. The fourth-order valence-corrected chi connectivity index (χ4v) is 3.00. The molecule has 2 rings (SSSR count). The van der Waals surface area contributed by atoms with Crippen LogP contribution < -0.4 is 5.32 Å². The molecular weight excluding hydrogens is 278 g/mol. The minimum atomic E-state index is 0.220. The molecule has 1 aromatic rings. The van der Waals surface area contributed by atoms with E-state index in [-0.39, 0.29) is 6.61 Å². The maximum absolute atomic E-state index is 8.95. The Morgan fingerprint density at radius 1 is 1.40 bits per heavy atom. The van der Waals surface area contributed by atoms with E-state index in [1.165, 1.54) is 11.9 Å². The maximum atomic E-state index is 8.95. The minimum absolute atomic E-state index is 0.220. The number of β-amino-alcohol motifs (C(OH)–C–C–N with tert-alkyl or cyclic N) is 1. The van der Waals surface area contributed by atoms with Gasteiger partial charge in [0.1, 0.15) is 6.34 Å². The maximum Gasteiger partial charge on any atom is 0.132 e. The summed E-state index contributed by atoms with van der Waals surface area (Å²) in [4.78, 5) is 2.28. The largest absolute Gasteiger partial charge is 0.410 e. The highest BCUT2D eigenvalue weighted by Gasteiger charge is 2.21. The first-order valence-electron chi connectivity index (χ1n) is 6.79. The topological polar surface area (TPSA) is 68.1 Å². The zero-order chi connectivity index (χ0) is 14.4. The Morgan fingerprint density at radius 3 is 2.75 bits per heavy atom. The van der Waals surface area contributed by atoms with E-state index in [2.05, 4.69) is 15.4 Å². The zero-order valence-electron chi connectivity index (χ0n) is 11.3. The second-order valence-electron chi connectivity index (χ2n) is 4.96. The van der Waals surface area contributed by atoms with Gasteiger partial charge >= 0.3 is 0 Å². The van der Waals surface area contributed by atoms with Crippen molar-refractivity contribution in [2.24, 2.45) is 5.16 Å². The van der Waals surface area contributed by atoms with Gasteiger partial charge in [-0.1, -0.05) is 22.8 Å². The van der Waals surface area contributed by atoms with Crippen LogP contribution in [0, 0.1) is 0 Å². The summed E-state index contributed by atoms with van der Waals surface area (Å²) < 4.78 is 0. The summed E-state index contributed by atoms with van der Waals surface area (Å²) in [6.07, 6.45) is 3.33. The summed E-state index contributed by atoms with van der Waals surface area (Å²) in [6.45, 7) is 2.97. The van der Waals surface area contributed by atoms with Crippen molar-refractivity contribution in [2.45, 2.75) is 18.8 Å². The molecule has 5 nitrogen and oxygen atoms in total. The summed E-state index contributed by atoms with van der Waals surface area (Å²) in [5.41, 5.74) is 1.97. The summed E-state index contributed by atoms with van der Waals surface area (Å²) in [6, 6.07) is 5.81. The van der Waals surface area contributed by atoms with Crippen LogP contribution in [0.4, 0.5) is 5.69 Å². The smallest absolute Gasteiger partial charge is 0.132 e. The van der Waals surface area contributed by atoms with Crippen LogP contribution >= 0.6 is 11.6 Å². The van der Waals surface area contributed by atoms with Gasteiger partial charge in [-0.25, -0.2) is 0 Å². The van der Waals surface area contributed by atoms with E-state index >= 15 is 0 Å². The van der Waals surface area contributed by atoms with Crippen LogP contribution in [0.2, 0.25) is 5.02 Å². The molecule has 0 radical (unpaired) electrons. The molecule has 0 spiro atoms. The molecule has 1 aliphatic heterocycles. The van der Waals surface area contributed by atoms with Gasteiger partial charge in [0.25, 0.3) is 0 Å². The molecule has 0 saturated carbocycles. The van der Waals surface area contributed by atoms with Gasteiger partial charge < -0.3 is 20.5 Å². The number of nitrogens with one attached hydrogen (secondary N) is 1. The first-order chi connectivity index (χ1) is 9.74. The van der Waals surface area contributed by atoms with Gasteiger partial charge in [0.15, 0.2) is 0 Å². The number of aliphatic hydroxyl groups is 1. The molecule has 1 saturated heterocycles. The molecule has 1 aliphatic rings. The number of hydrogen-bond donors (Lipinski definition) is 3. The second-order valence-corrected chi connectivity index (χ2v) is 5.37. The highest BCUT2D eigenvalue weighted by molar-refractivity contribution is 6.31. The van der Waals surface area contributed by atoms with Gasteiger partial charge in [0, 0.05) is 17.3 Å². The molecule has 6 heteroatoms. The number of piperidine rings is 1. The summed E-state index contributed by atoms with van der Waals surface area (Å²) >= 11 is 6.34. The van der Waals surface area contributed by atoms with Crippen molar-refractivity contribution in [3.63, 3.8) is 0 Å². The molecule has 0 atom stereocenters. The normalized spacial score (nSPS) is 17.7. The van der Waals surface area contributed by atoms with Gasteiger partial charge in [-0.05, 0) is 49.5 Å². The van der Waals surface area contributed by atoms with Gasteiger partial charge in [-0.2, -0.15) is 0 Å². The average Bonchev–Trinajstić information content (AvgIpc) is 2.47. The van der Waals surface area contributed by atoms with Crippen LogP contribution in [0.15, 0.2) is 23.4 Å². The lowest BCUT2D eigenvalue weighted by Crippen LogP contribution is -2.35. The first-order valence-corrected chi connectivity index (χ1v) is 7.17. The number of likely N-dealkylation sites (tertiary alicyclic amines) is 1. The molecule has 110 valence electrons. The predicted octanol–water partition coefficient (Wildman–Crippen LogP) is 2.34. The molecule has 0 aliphatic carbocycles. The molecular formula is C14H20ClN3O2. The van der Waals surface area contributed by atoms with Crippen molar-refractivity contribution in [3.05, 3.63) is 28.8 Å². The number of rotatable bonds is 5. The third-order valence-corrected chi connectivity index (χ3v) is 4.06. The molecule has 0 aromatic heterocycles. The van der Waals surface area contributed by atoms with Gasteiger partial charge in [0.05, 0.1) is 6.61 Å². The van der Waals surface area contributed by atoms with Crippen LogP contribution in [0.25, 0.3) is 0 Å². The van der Waals surface area contributed by atoms with Crippen molar-refractivity contribution in [1.29, 1.82) is 0 Å². The molecule has 0 amide bonds. The van der Waals surface area contributed by atoms with E-state index in [0.717, 1.165) is 43.2 Å². The third-order valence-electron chi connectivity index (χ3n) is 3.73. The number of anilines is 1. The summed E-state index contributed by atoms with van der Waals surface area (Å²) in [7, 11) is 0. The third kappa shape index (κ3) is 3.85. The number of oxime groups is 1. The Kier molecular flexibility index (Phi) is 5.64. The van der Waals surface area contributed by atoms with E-state index in [1.807, 2.05) is 18.2 Å². The van der Waals surface area contributed by atoms with Crippen molar-refractivity contribution in [1.82, 2.24) is 4.90 Å². The Morgan fingerprint density at radius 2 is 2.15 bits per heavy atom. The van der Waals surface area contributed by atoms with E-state index in [4.69, 9.17) is 21.9 Å². The monoisotopic (exact) mass is 297 g/mol. The number of nitrogens with zero attached hydrogens (tertiary/aromatic N) is 2. The lowest BCUT2D eigenvalue weighted by atomic mass is 9.89. The van der Waals surface area contributed by atoms with Crippen LogP contribution in [0.3, 0.4) is 0 Å². The Balaban J connectivity index is 1.99. The van der Waals surface area contributed by atoms with Crippen molar-refractivity contribution in [2.75, 3.05) is 31.6 Å². The van der Waals surface area contributed by atoms with Crippen LogP contribution in [-0.2, 0) is 0 Å². The molecule has 0 bridgehead atoms. The van der Waals surface area contributed by atoms with E-state index in [0.29, 0.717) is 5.92 Å². The SMILES string of the molecule is OCCN1CCC(c2ccc(N/C=N/O)cc2Cl)CC1. The Hall–Kier alpha value is -1.30. The van der Waals surface area contributed by atoms with Crippen molar-refractivity contribution in [3.8, 4) is 0 Å². The highest BCUT2D eigenvalue weighted by atomic mass is 35.5.